The van der Waals surface area contributed by atoms with Gasteiger partial charge in [0, 0.05) is 35.2 Å². The first-order chi connectivity index (χ1) is 10.2. The zero-order valence-electron chi connectivity index (χ0n) is 11.1. The van der Waals surface area contributed by atoms with E-state index >= 15 is 0 Å². The largest absolute Gasteiger partial charge is 0.381 e. The summed E-state index contributed by atoms with van der Waals surface area (Å²) in [4.78, 5) is 0. The van der Waals surface area contributed by atoms with Crippen molar-refractivity contribution in [3.8, 4) is 5.69 Å². The molecule has 0 aliphatic rings. The Balaban J connectivity index is 1.78. The van der Waals surface area contributed by atoms with Crippen LogP contribution in [0.1, 0.15) is 5.56 Å². The Labute approximate surface area is 127 Å². The van der Waals surface area contributed by atoms with Crippen LogP contribution in [0, 0.1) is 5.82 Å². The third-order valence-electron chi connectivity index (χ3n) is 3.15. The van der Waals surface area contributed by atoms with Crippen molar-refractivity contribution in [3.05, 3.63) is 77.3 Å². The van der Waals surface area contributed by atoms with Gasteiger partial charge in [0.25, 0.3) is 0 Å². The molecular weight excluding hydrogens is 289 g/mol. The molecular formula is C16H13ClFN3. The van der Waals surface area contributed by atoms with Gasteiger partial charge in [-0.3, -0.25) is 0 Å². The molecule has 0 aliphatic carbocycles. The number of nitrogens with one attached hydrogen (secondary N) is 1. The molecule has 3 rings (SSSR count). The van der Waals surface area contributed by atoms with Gasteiger partial charge in [-0.15, -0.1) is 0 Å². The number of halogens is 2. The summed E-state index contributed by atoms with van der Waals surface area (Å²) in [6.07, 6.45) is 3.59. The number of anilines is 1. The zero-order valence-corrected chi connectivity index (χ0v) is 11.9. The fourth-order valence-electron chi connectivity index (χ4n) is 2.07. The molecule has 3 nitrogen and oxygen atoms in total. The summed E-state index contributed by atoms with van der Waals surface area (Å²) in [7, 11) is 0. The van der Waals surface area contributed by atoms with Crippen molar-refractivity contribution in [3.63, 3.8) is 0 Å². The zero-order chi connectivity index (χ0) is 14.7. The summed E-state index contributed by atoms with van der Waals surface area (Å²) < 4.78 is 15.5. The highest BCUT2D eigenvalue weighted by Gasteiger charge is 2.06. The SMILES string of the molecule is Fc1cccc(Cl)c1CNc1cccc(-n2cccn2)c1. The first-order valence-electron chi connectivity index (χ1n) is 6.51. The Morgan fingerprint density at radius 1 is 1.14 bits per heavy atom. The fourth-order valence-corrected chi connectivity index (χ4v) is 2.30. The van der Waals surface area contributed by atoms with E-state index in [2.05, 4.69) is 10.4 Å². The minimum atomic E-state index is -0.307. The van der Waals surface area contributed by atoms with Crippen molar-refractivity contribution in [2.45, 2.75) is 6.54 Å². The molecule has 0 saturated heterocycles. The predicted molar refractivity (Wildman–Crippen MR) is 82.3 cm³/mol. The average Bonchev–Trinajstić information content (AvgIpc) is 3.01. The van der Waals surface area contributed by atoms with E-state index in [0.717, 1.165) is 11.4 Å². The highest BCUT2D eigenvalue weighted by molar-refractivity contribution is 6.31. The molecule has 0 atom stereocenters. The van der Waals surface area contributed by atoms with Crippen LogP contribution in [0.2, 0.25) is 5.02 Å². The van der Waals surface area contributed by atoms with E-state index < -0.39 is 0 Å². The topological polar surface area (TPSA) is 29.9 Å². The van der Waals surface area contributed by atoms with Crippen LogP contribution in [-0.2, 0) is 6.54 Å². The third kappa shape index (κ3) is 3.06. The standard InChI is InChI=1S/C16H13ClFN3/c17-15-6-2-7-16(18)14(15)11-19-12-4-1-5-13(10-12)21-9-3-8-20-21/h1-10,19H,11H2. The van der Waals surface area contributed by atoms with Gasteiger partial charge < -0.3 is 5.32 Å². The first kappa shape index (κ1) is 13.6. The molecule has 3 aromatic rings. The summed E-state index contributed by atoms with van der Waals surface area (Å²) in [5.41, 5.74) is 2.27. The van der Waals surface area contributed by atoms with E-state index in [9.17, 15) is 4.39 Å². The monoisotopic (exact) mass is 301 g/mol. The maximum Gasteiger partial charge on any atom is 0.129 e. The predicted octanol–water partition coefficient (Wildman–Crippen LogP) is 4.28. The van der Waals surface area contributed by atoms with Crippen LogP contribution < -0.4 is 5.32 Å². The minimum absolute atomic E-state index is 0.307. The molecule has 1 aromatic heterocycles. The maximum absolute atomic E-state index is 13.7. The maximum atomic E-state index is 13.7. The Morgan fingerprint density at radius 2 is 2.00 bits per heavy atom. The summed E-state index contributed by atoms with van der Waals surface area (Å²) in [6.45, 7) is 0.327. The second kappa shape index (κ2) is 5.97. The van der Waals surface area contributed by atoms with E-state index in [-0.39, 0.29) is 5.82 Å². The first-order valence-corrected chi connectivity index (χ1v) is 6.89. The molecule has 0 radical (unpaired) electrons. The number of hydrogen-bond acceptors (Lipinski definition) is 2. The molecule has 0 unspecified atom stereocenters. The van der Waals surface area contributed by atoms with Gasteiger partial charge in [-0.25, -0.2) is 9.07 Å². The Bertz CT molecular complexity index is 721. The van der Waals surface area contributed by atoms with Gasteiger partial charge in [-0.1, -0.05) is 23.7 Å². The van der Waals surface area contributed by atoms with Crippen LogP contribution in [0.15, 0.2) is 60.9 Å². The van der Waals surface area contributed by atoms with Crippen LogP contribution in [-0.4, -0.2) is 9.78 Å². The van der Waals surface area contributed by atoms with E-state index in [1.165, 1.54) is 6.07 Å². The lowest BCUT2D eigenvalue weighted by molar-refractivity contribution is 0.613. The molecule has 0 fully saturated rings. The van der Waals surface area contributed by atoms with E-state index in [1.807, 2.05) is 36.5 Å². The molecule has 0 saturated carbocycles. The third-order valence-corrected chi connectivity index (χ3v) is 3.50. The normalized spacial score (nSPS) is 10.6. The molecule has 21 heavy (non-hydrogen) atoms. The molecule has 0 aliphatic heterocycles. The van der Waals surface area contributed by atoms with Crippen molar-refractivity contribution in [2.75, 3.05) is 5.32 Å². The Morgan fingerprint density at radius 3 is 2.76 bits per heavy atom. The molecule has 1 heterocycles. The molecule has 5 heteroatoms. The Hall–Kier alpha value is -2.33. The molecule has 0 amide bonds. The number of aromatic nitrogens is 2. The lowest BCUT2D eigenvalue weighted by Gasteiger charge is -2.10. The lowest BCUT2D eigenvalue weighted by Crippen LogP contribution is -2.03. The van der Waals surface area contributed by atoms with Crippen LogP contribution in [0.3, 0.4) is 0 Å². The summed E-state index contributed by atoms with van der Waals surface area (Å²) in [5.74, 6) is -0.307. The summed E-state index contributed by atoms with van der Waals surface area (Å²) >= 11 is 6.01. The number of hydrogen-bond donors (Lipinski definition) is 1. The second-order valence-corrected chi connectivity index (χ2v) is 4.96. The molecule has 0 spiro atoms. The van der Waals surface area contributed by atoms with Gasteiger partial charge >= 0.3 is 0 Å². The Kier molecular flexibility index (Phi) is 3.88. The molecule has 2 aromatic carbocycles. The van der Waals surface area contributed by atoms with Crippen LogP contribution in [0.4, 0.5) is 10.1 Å². The van der Waals surface area contributed by atoms with Gasteiger partial charge in [0.05, 0.1) is 5.69 Å². The quantitative estimate of drug-likeness (QED) is 0.779. The van der Waals surface area contributed by atoms with E-state index in [1.54, 1.807) is 23.0 Å². The lowest BCUT2D eigenvalue weighted by atomic mass is 10.2. The number of rotatable bonds is 4. The highest BCUT2D eigenvalue weighted by Crippen LogP contribution is 2.21. The smallest absolute Gasteiger partial charge is 0.129 e. The van der Waals surface area contributed by atoms with Crippen LogP contribution >= 0.6 is 11.6 Å². The van der Waals surface area contributed by atoms with E-state index in [0.29, 0.717) is 17.1 Å². The van der Waals surface area contributed by atoms with Crippen molar-refractivity contribution >= 4 is 17.3 Å². The highest BCUT2D eigenvalue weighted by atomic mass is 35.5. The van der Waals surface area contributed by atoms with Crippen LogP contribution in [0.5, 0.6) is 0 Å². The van der Waals surface area contributed by atoms with Crippen molar-refractivity contribution in [1.82, 2.24) is 9.78 Å². The van der Waals surface area contributed by atoms with Gasteiger partial charge in [0.1, 0.15) is 5.82 Å². The van der Waals surface area contributed by atoms with Gasteiger partial charge in [0.15, 0.2) is 0 Å². The average molecular weight is 302 g/mol. The number of nitrogens with zero attached hydrogens (tertiary/aromatic N) is 2. The van der Waals surface area contributed by atoms with Gasteiger partial charge in [-0.05, 0) is 36.4 Å². The van der Waals surface area contributed by atoms with Crippen LogP contribution in [0.25, 0.3) is 5.69 Å². The van der Waals surface area contributed by atoms with Crippen molar-refractivity contribution < 1.29 is 4.39 Å². The second-order valence-electron chi connectivity index (χ2n) is 4.55. The summed E-state index contributed by atoms with van der Waals surface area (Å²) in [6, 6.07) is 14.3. The summed E-state index contributed by atoms with van der Waals surface area (Å²) in [5, 5.41) is 7.78. The molecule has 106 valence electrons. The van der Waals surface area contributed by atoms with Gasteiger partial charge in [-0.2, -0.15) is 5.10 Å². The van der Waals surface area contributed by atoms with E-state index in [4.69, 9.17) is 11.6 Å². The molecule has 1 N–H and O–H groups in total. The van der Waals surface area contributed by atoms with Crippen molar-refractivity contribution in [1.29, 1.82) is 0 Å². The molecule has 0 bridgehead atoms. The van der Waals surface area contributed by atoms with Crippen molar-refractivity contribution in [2.24, 2.45) is 0 Å². The number of benzene rings is 2. The minimum Gasteiger partial charge on any atom is -0.381 e. The fraction of sp³-hybridized carbons (Fsp3) is 0.0625. The van der Waals surface area contributed by atoms with Gasteiger partial charge in [0.2, 0.25) is 0 Å².